The van der Waals surface area contributed by atoms with Crippen molar-refractivity contribution in [1.82, 2.24) is 4.90 Å². The number of carbonyl (C=O) groups is 1. The maximum Gasteiger partial charge on any atom is 0.161 e. The standard InChI is InChI=1S/C16H21NO3/c1-12(18)10-14(17-6-2-3-7-17)13-4-5-15-16(11-13)20-9-8-19-15/h4-5,11,14H,2-3,6-10H2,1H3. The molecule has 1 unspecified atom stereocenters. The third kappa shape index (κ3) is 2.80. The van der Waals surface area contributed by atoms with Crippen LogP contribution in [-0.2, 0) is 4.79 Å². The zero-order valence-corrected chi connectivity index (χ0v) is 11.9. The van der Waals surface area contributed by atoms with Crippen molar-refractivity contribution in [3.8, 4) is 11.5 Å². The average molecular weight is 275 g/mol. The van der Waals surface area contributed by atoms with Crippen LogP contribution in [0.5, 0.6) is 11.5 Å². The van der Waals surface area contributed by atoms with Gasteiger partial charge in [0.05, 0.1) is 0 Å². The lowest BCUT2D eigenvalue weighted by Gasteiger charge is -2.28. The van der Waals surface area contributed by atoms with E-state index in [0.29, 0.717) is 19.6 Å². The summed E-state index contributed by atoms with van der Waals surface area (Å²) in [6.45, 7) is 5.02. The number of nitrogens with zero attached hydrogens (tertiary/aromatic N) is 1. The fourth-order valence-electron chi connectivity index (χ4n) is 3.05. The van der Waals surface area contributed by atoms with Gasteiger partial charge in [-0.3, -0.25) is 9.69 Å². The van der Waals surface area contributed by atoms with Crippen LogP contribution in [-0.4, -0.2) is 37.0 Å². The second kappa shape index (κ2) is 5.83. The van der Waals surface area contributed by atoms with Gasteiger partial charge < -0.3 is 9.47 Å². The third-order valence-electron chi connectivity index (χ3n) is 4.01. The summed E-state index contributed by atoms with van der Waals surface area (Å²) >= 11 is 0. The van der Waals surface area contributed by atoms with Crippen LogP contribution in [0.25, 0.3) is 0 Å². The molecule has 1 saturated heterocycles. The Morgan fingerprint density at radius 3 is 2.60 bits per heavy atom. The topological polar surface area (TPSA) is 38.8 Å². The highest BCUT2D eigenvalue weighted by Crippen LogP contribution is 2.36. The Balaban J connectivity index is 1.87. The third-order valence-corrected chi connectivity index (χ3v) is 4.01. The van der Waals surface area contributed by atoms with Crippen molar-refractivity contribution in [2.24, 2.45) is 0 Å². The molecule has 0 spiro atoms. The number of hydrogen-bond donors (Lipinski definition) is 0. The number of fused-ring (bicyclic) bond motifs is 1. The maximum absolute atomic E-state index is 11.6. The zero-order chi connectivity index (χ0) is 13.9. The summed E-state index contributed by atoms with van der Waals surface area (Å²) in [7, 11) is 0. The van der Waals surface area contributed by atoms with E-state index in [9.17, 15) is 4.79 Å². The highest BCUT2D eigenvalue weighted by atomic mass is 16.6. The van der Waals surface area contributed by atoms with Crippen LogP contribution in [0.3, 0.4) is 0 Å². The van der Waals surface area contributed by atoms with Crippen LogP contribution in [0.4, 0.5) is 0 Å². The lowest BCUT2D eigenvalue weighted by Crippen LogP contribution is -2.27. The van der Waals surface area contributed by atoms with E-state index >= 15 is 0 Å². The molecule has 2 heterocycles. The van der Waals surface area contributed by atoms with Gasteiger partial charge in [-0.25, -0.2) is 0 Å². The first-order valence-electron chi connectivity index (χ1n) is 7.37. The van der Waals surface area contributed by atoms with Crippen molar-refractivity contribution >= 4 is 5.78 Å². The van der Waals surface area contributed by atoms with E-state index in [4.69, 9.17) is 9.47 Å². The summed E-state index contributed by atoms with van der Waals surface area (Å²) in [5.74, 6) is 1.85. The molecular formula is C16H21NO3. The first-order valence-corrected chi connectivity index (χ1v) is 7.37. The predicted octanol–water partition coefficient (Wildman–Crippen LogP) is 2.57. The minimum atomic E-state index is 0.172. The fourth-order valence-corrected chi connectivity index (χ4v) is 3.05. The summed E-state index contributed by atoms with van der Waals surface area (Å²) in [6.07, 6.45) is 3.01. The molecule has 0 aliphatic carbocycles. The molecule has 0 bridgehead atoms. The van der Waals surface area contributed by atoms with Gasteiger partial charge >= 0.3 is 0 Å². The second-order valence-electron chi connectivity index (χ2n) is 5.57. The highest BCUT2D eigenvalue weighted by molar-refractivity contribution is 5.76. The van der Waals surface area contributed by atoms with Gasteiger partial charge in [0.25, 0.3) is 0 Å². The van der Waals surface area contributed by atoms with E-state index in [2.05, 4.69) is 11.0 Å². The Morgan fingerprint density at radius 2 is 1.90 bits per heavy atom. The second-order valence-corrected chi connectivity index (χ2v) is 5.57. The Hall–Kier alpha value is -1.55. The lowest BCUT2D eigenvalue weighted by molar-refractivity contribution is -0.118. The zero-order valence-electron chi connectivity index (χ0n) is 11.9. The summed E-state index contributed by atoms with van der Waals surface area (Å²) < 4.78 is 11.2. The molecular weight excluding hydrogens is 254 g/mol. The summed E-state index contributed by atoms with van der Waals surface area (Å²) in [5, 5.41) is 0. The number of hydrogen-bond acceptors (Lipinski definition) is 4. The first kappa shape index (κ1) is 13.4. The summed E-state index contributed by atoms with van der Waals surface area (Å²) in [6, 6.07) is 6.25. The number of Topliss-reactive ketones (excluding diaryl/α,β-unsaturated/α-hetero) is 1. The summed E-state index contributed by atoms with van der Waals surface area (Å²) in [5.41, 5.74) is 1.16. The van der Waals surface area contributed by atoms with Gasteiger partial charge in [0.15, 0.2) is 11.5 Å². The van der Waals surface area contributed by atoms with E-state index in [1.54, 1.807) is 6.92 Å². The first-order chi connectivity index (χ1) is 9.74. The molecule has 2 aliphatic heterocycles. The number of ether oxygens (including phenoxy) is 2. The van der Waals surface area contributed by atoms with Gasteiger partial charge in [-0.15, -0.1) is 0 Å². The normalized spacial score (nSPS) is 19.9. The van der Waals surface area contributed by atoms with E-state index < -0.39 is 0 Å². The van der Waals surface area contributed by atoms with E-state index in [-0.39, 0.29) is 11.8 Å². The number of benzene rings is 1. The van der Waals surface area contributed by atoms with Gasteiger partial charge in [-0.2, -0.15) is 0 Å². The fraction of sp³-hybridized carbons (Fsp3) is 0.562. The lowest BCUT2D eigenvalue weighted by atomic mass is 9.99. The van der Waals surface area contributed by atoms with E-state index in [1.807, 2.05) is 12.1 Å². The molecule has 108 valence electrons. The van der Waals surface area contributed by atoms with Gasteiger partial charge in [-0.1, -0.05) is 6.07 Å². The van der Waals surface area contributed by atoms with Crippen LogP contribution in [0.1, 0.15) is 37.8 Å². The minimum Gasteiger partial charge on any atom is -0.486 e. The van der Waals surface area contributed by atoms with Crippen LogP contribution in [0.2, 0.25) is 0 Å². The molecule has 0 aromatic heterocycles. The Bertz CT molecular complexity index is 494. The molecule has 2 aliphatic rings. The van der Waals surface area contributed by atoms with Crippen LogP contribution >= 0.6 is 0 Å². The van der Waals surface area contributed by atoms with Crippen LogP contribution in [0, 0.1) is 0 Å². The van der Waals surface area contributed by atoms with Crippen molar-refractivity contribution in [3.63, 3.8) is 0 Å². The number of ketones is 1. The molecule has 0 radical (unpaired) electrons. The number of likely N-dealkylation sites (tertiary alicyclic amines) is 1. The van der Waals surface area contributed by atoms with Gasteiger partial charge in [0, 0.05) is 12.5 Å². The predicted molar refractivity (Wildman–Crippen MR) is 76.3 cm³/mol. The Labute approximate surface area is 119 Å². The van der Waals surface area contributed by atoms with Gasteiger partial charge in [0.1, 0.15) is 19.0 Å². The van der Waals surface area contributed by atoms with Crippen LogP contribution < -0.4 is 9.47 Å². The molecule has 0 amide bonds. The molecule has 1 atom stereocenters. The molecule has 1 aromatic carbocycles. The maximum atomic E-state index is 11.6. The molecule has 0 saturated carbocycles. The van der Waals surface area contributed by atoms with Crippen molar-refractivity contribution in [3.05, 3.63) is 23.8 Å². The number of rotatable bonds is 4. The van der Waals surface area contributed by atoms with Gasteiger partial charge in [-0.05, 0) is 50.6 Å². The smallest absolute Gasteiger partial charge is 0.161 e. The SMILES string of the molecule is CC(=O)CC(c1ccc2c(c1)OCCO2)N1CCCC1. The Kier molecular flexibility index (Phi) is 3.92. The van der Waals surface area contributed by atoms with Gasteiger partial charge in [0.2, 0.25) is 0 Å². The molecule has 3 rings (SSSR count). The van der Waals surface area contributed by atoms with E-state index in [1.165, 1.54) is 12.8 Å². The number of carbonyl (C=O) groups excluding carboxylic acids is 1. The average Bonchev–Trinajstić information content (AvgIpc) is 2.98. The van der Waals surface area contributed by atoms with Crippen molar-refractivity contribution in [1.29, 1.82) is 0 Å². The highest BCUT2D eigenvalue weighted by Gasteiger charge is 2.26. The molecule has 4 heteroatoms. The molecule has 1 fully saturated rings. The summed E-state index contributed by atoms with van der Waals surface area (Å²) in [4.78, 5) is 14.0. The quantitative estimate of drug-likeness (QED) is 0.846. The van der Waals surface area contributed by atoms with Crippen LogP contribution in [0.15, 0.2) is 18.2 Å². The van der Waals surface area contributed by atoms with E-state index in [0.717, 1.165) is 30.2 Å². The van der Waals surface area contributed by atoms with Crippen molar-refractivity contribution < 1.29 is 14.3 Å². The molecule has 1 aromatic rings. The van der Waals surface area contributed by atoms with Crippen molar-refractivity contribution in [2.75, 3.05) is 26.3 Å². The molecule has 20 heavy (non-hydrogen) atoms. The largest absolute Gasteiger partial charge is 0.486 e. The molecule has 0 N–H and O–H groups in total. The minimum absolute atomic E-state index is 0.172. The van der Waals surface area contributed by atoms with Crippen molar-refractivity contribution in [2.45, 2.75) is 32.2 Å². The Morgan fingerprint density at radius 1 is 1.20 bits per heavy atom. The molecule has 4 nitrogen and oxygen atoms in total. The monoisotopic (exact) mass is 275 g/mol.